The molecule has 2 aromatic carbocycles. The molecular formula is C31H45N5O4. The summed E-state index contributed by atoms with van der Waals surface area (Å²) in [6, 6.07) is 12.5. The highest BCUT2D eigenvalue weighted by atomic mass is 16.2. The zero-order chi connectivity index (χ0) is 29.7. The van der Waals surface area contributed by atoms with Crippen LogP contribution in [0, 0.1) is 5.41 Å². The maximum atomic E-state index is 13.6. The van der Waals surface area contributed by atoms with Crippen LogP contribution in [0.15, 0.2) is 42.5 Å². The zero-order valence-corrected chi connectivity index (χ0v) is 24.8. The van der Waals surface area contributed by atoms with Crippen molar-refractivity contribution in [3.8, 4) is 0 Å². The Morgan fingerprint density at radius 3 is 2.40 bits per heavy atom. The van der Waals surface area contributed by atoms with Crippen molar-refractivity contribution in [1.82, 2.24) is 20.4 Å². The molecule has 2 aromatic rings. The Kier molecular flexibility index (Phi) is 9.95. The lowest BCUT2D eigenvalue weighted by Gasteiger charge is -2.33. The third kappa shape index (κ3) is 7.59. The standard InChI is InChI=1S/C31H45N5O4/c1-7-30(2,3)29(40)36-17-10-13-25(36)26(37)34-24(20-21-14-15-22-11-8-9-12-23(22)19-21)27(38)35(6)18-16-33-28(39)31(4,5)32/h8-9,11-12,14-15,19,24-25H,7,10,13,16-18,20,32H2,1-6H3,(H,33,39)(H,34,37). The number of carbonyl (C=O) groups excluding carboxylic acids is 4. The van der Waals surface area contributed by atoms with Crippen molar-refractivity contribution in [1.29, 1.82) is 0 Å². The van der Waals surface area contributed by atoms with E-state index in [0.717, 1.165) is 22.8 Å². The number of amides is 4. The molecule has 9 heteroatoms. The molecule has 3 rings (SSSR count). The molecular weight excluding hydrogens is 506 g/mol. The summed E-state index contributed by atoms with van der Waals surface area (Å²) < 4.78 is 0. The third-order valence-corrected chi connectivity index (χ3v) is 7.84. The molecule has 4 N–H and O–H groups in total. The Labute approximate surface area is 237 Å². The minimum Gasteiger partial charge on any atom is -0.353 e. The summed E-state index contributed by atoms with van der Waals surface area (Å²) in [5.41, 5.74) is 5.17. The van der Waals surface area contributed by atoms with Gasteiger partial charge in [-0.3, -0.25) is 19.2 Å². The number of hydrogen-bond acceptors (Lipinski definition) is 5. The molecule has 4 amide bonds. The predicted molar refractivity (Wildman–Crippen MR) is 157 cm³/mol. The van der Waals surface area contributed by atoms with E-state index in [2.05, 4.69) is 10.6 Å². The molecule has 1 heterocycles. The number of hydrogen-bond donors (Lipinski definition) is 3. The second-order valence-electron chi connectivity index (χ2n) is 12.1. The van der Waals surface area contributed by atoms with Crippen molar-refractivity contribution >= 4 is 34.4 Å². The SMILES string of the molecule is CCC(C)(C)C(=O)N1CCCC1C(=O)NC(Cc1ccc2ccccc2c1)C(=O)N(C)CCNC(=O)C(C)(C)N. The van der Waals surface area contributed by atoms with Crippen LogP contribution in [-0.2, 0) is 25.6 Å². The minimum atomic E-state index is -1.02. The monoisotopic (exact) mass is 551 g/mol. The van der Waals surface area contributed by atoms with Crippen molar-refractivity contribution in [3.05, 3.63) is 48.0 Å². The van der Waals surface area contributed by atoms with Crippen LogP contribution in [0.3, 0.4) is 0 Å². The van der Waals surface area contributed by atoms with Gasteiger partial charge in [-0.15, -0.1) is 0 Å². The molecule has 1 aliphatic heterocycles. The molecule has 0 radical (unpaired) electrons. The minimum absolute atomic E-state index is 0.0410. The first-order valence-corrected chi connectivity index (χ1v) is 14.2. The first-order chi connectivity index (χ1) is 18.7. The summed E-state index contributed by atoms with van der Waals surface area (Å²) in [6.07, 6.45) is 2.26. The lowest BCUT2D eigenvalue weighted by atomic mass is 9.88. The van der Waals surface area contributed by atoms with Crippen LogP contribution in [0.2, 0.25) is 0 Å². The van der Waals surface area contributed by atoms with E-state index in [1.165, 1.54) is 4.90 Å². The van der Waals surface area contributed by atoms with Crippen LogP contribution in [0.5, 0.6) is 0 Å². The van der Waals surface area contributed by atoms with E-state index in [4.69, 9.17) is 5.73 Å². The predicted octanol–water partition coefficient (Wildman–Crippen LogP) is 2.61. The van der Waals surface area contributed by atoms with Crippen LogP contribution >= 0.6 is 0 Å². The van der Waals surface area contributed by atoms with E-state index in [0.29, 0.717) is 25.8 Å². The summed E-state index contributed by atoms with van der Waals surface area (Å²) in [5, 5.41) is 7.87. The maximum absolute atomic E-state index is 13.6. The first kappa shape index (κ1) is 31.1. The fraction of sp³-hybridized carbons (Fsp3) is 0.548. The van der Waals surface area contributed by atoms with Gasteiger partial charge in [0.2, 0.25) is 23.6 Å². The van der Waals surface area contributed by atoms with Crippen LogP contribution < -0.4 is 16.4 Å². The van der Waals surface area contributed by atoms with Gasteiger partial charge in [-0.1, -0.05) is 63.2 Å². The van der Waals surface area contributed by atoms with Crippen LogP contribution in [0.25, 0.3) is 10.8 Å². The number of carbonyl (C=O) groups is 4. The van der Waals surface area contributed by atoms with E-state index in [9.17, 15) is 19.2 Å². The number of fused-ring (bicyclic) bond motifs is 1. The number of likely N-dealkylation sites (N-methyl/N-ethyl adjacent to an activating group) is 1. The van der Waals surface area contributed by atoms with Crippen molar-refractivity contribution in [2.24, 2.45) is 11.1 Å². The number of nitrogens with zero attached hydrogens (tertiary/aromatic N) is 2. The number of nitrogens with two attached hydrogens (primary N) is 1. The summed E-state index contributed by atoms with van der Waals surface area (Å²) in [4.78, 5) is 55.8. The van der Waals surface area contributed by atoms with Crippen LogP contribution in [0.4, 0.5) is 0 Å². The van der Waals surface area contributed by atoms with E-state index in [1.807, 2.05) is 63.2 Å². The smallest absolute Gasteiger partial charge is 0.245 e. The third-order valence-electron chi connectivity index (χ3n) is 7.84. The van der Waals surface area contributed by atoms with Crippen molar-refractivity contribution < 1.29 is 19.2 Å². The molecule has 0 aliphatic carbocycles. The average molecular weight is 552 g/mol. The Balaban J connectivity index is 1.79. The van der Waals surface area contributed by atoms with E-state index in [-0.39, 0.29) is 36.7 Å². The van der Waals surface area contributed by atoms with Gasteiger partial charge in [-0.25, -0.2) is 0 Å². The largest absolute Gasteiger partial charge is 0.353 e. The van der Waals surface area contributed by atoms with Gasteiger partial charge in [0.25, 0.3) is 0 Å². The summed E-state index contributed by atoms with van der Waals surface area (Å²) >= 11 is 0. The van der Waals surface area contributed by atoms with Gasteiger partial charge in [0.05, 0.1) is 5.54 Å². The highest BCUT2D eigenvalue weighted by Gasteiger charge is 2.40. The quantitative estimate of drug-likeness (QED) is 0.396. The summed E-state index contributed by atoms with van der Waals surface area (Å²) in [6.45, 7) is 10.0. The molecule has 0 spiro atoms. The Morgan fingerprint density at radius 1 is 1.07 bits per heavy atom. The number of rotatable bonds is 11. The first-order valence-electron chi connectivity index (χ1n) is 14.2. The Hall–Kier alpha value is -3.46. The molecule has 0 bridgehead atoms. The molecule has 2 unspecified atom stereocenters. The lowest BCUT2D eigenvalue weighted by Crippen LogP contribution is -2.56. The maximum Gasteiger partial charge on any atom is 0.245 e. The van der Waals surface area contributed by atoms with Gasteiger partial charge in [0, 0.05) is 38.5 Å². The van der Waals surface area contributed by atoms with Gasteiger partial charge >= 0.3 is 0 Å². The number of benzene rings is 2. The topological polar surface area (TPSA) is 125 Å². The normalized spacial score (nSPS) is 16.5. The fourth-order valence-corrected chi connectivity index (χ4v) is 4.83. The second-order valence-corrected chi connectivity index (χ2v) is 12.1. The summed E-state index contributed by atoms with van der Waals surface area (Å²) in [5.74, 6) is -0.938. The lowest BCUT2D eigenvalue weighted by molar-refractivity contribution is -0.146. The number of nitrogens with one attached hydrogen (secondary N) is 2. The Morgan fingerprint density at radius 2 is 1.75 bits per heavy atom. The molecule has 0 saturated carbocycles. The van der Waals surface area contributed by atoms with E-state index < -0.39 is 23.0 Å². The second kappa shape index (κ2) is 12.8. The van der Waals surface area contributed by atoms with Gasteiger partial charge in [0.1, 0.15) is 12.1 Å². The highest BCUT2D eigenvalue weighted by molar-refractivity contribution is 5.94. The van der Waals surface area contributed by atoms with Gasteiger partial charge in [-0.2, -0.15) is 0 Å². The highest BCUT2D eigenvalue weighted by Crippen LogP contribution is 2.28. The van der Waals surface area contributed by atoms with Crippen molar-refractivity contribution in [2.45, 2.75) is 77.9 Å². The molecule has 1 saturated heterocycles. The molecule has 1 fully saturated rings. The fourth-order valence-electron chi connectivity index (χ4n) is 4.83. The molecule has 218 valence electrons. The van der Waals surface area contributed by atoms with E-state index >= 15 is 0 Å². The van der Waals surface area contributed by atoms with Crippen molar-refractivity contribution in [3.63, 3.8) is 0 Å². The van der Waals surface area contributed by atoms with Gasteiger partial charge < -0.3 is 26.2 Å². The molecule has 9 nitrogen and oxygen atoms in total. The van der Waals surface area contributed by atoms with Gasteiger partial charge in [0.15, 0.2) is 0 Å². The molecule has 2 atom stereocenters. The summed E-state index contributed by atoms with van der Waals surface area (Å²) in [7, 11) is 1.65. The number of likely N-dealkylation sites (tertiary alicyclic amines) is 1. The van der Waals surface area contributed by atoms with Crippen LogP contribution in [0.1, 0.15) is 59.4 Å². The van der Waals surface area contributed by atoms with Gasteiger partial charge in [-0.05, 0) is 49.4 Å². The molecule has 0 aromatic heterocycles. The zero-order valence-electron chi connectivity index (χ0n) is 24.8. The van der Waals surface area contributed by atoms with Crippen molar-refractivity contribution in [2.75, 3.05) is 26.7 Å². The molecule has 40 heavy (non-hydrogen) atoms. The molecule has 1 aliphatic rings. The van der Waals surface area contributed by atoms with Crippen LogP contribution in [-0.4, -0.2) is 77.7 Å². The van der Waals surface area contributed by atoms with E-state index in [1.54, 1.807) is 25.8 Å². The average Bonchev–Trinajstić information content (AvgIpc) is 3.41. The Bertz CT molecular complexity index is 1240.